The standard InChI is InChI=1S/C17H23F3N4O5S/c1-10-22-23-14(28-10)15(2,3)11-9-12(29-24-11)21-13(25)16(4,5)30(26,27)8-6-7-17(18,19)20/h9H,6-8H2,1-5H3,(H,21,25). The zero-order valence-electron chi connectivity index (χ0n) is 17.1. The molecule has 0 aliphatic rings. The molecule has 13 heteroatoms. The average Bonchev–Trinajstić information content (AvgIpc) is 3.23. The smallest absolute Gasteiger partial charge is 0.389 e. The van der Waals surface area contributed by atoms with E-state index in [1.54, 1.807) is 20.8 Å². The van der Waals surface area contributed by atoms with E-state index in [2.05, 4.69) is 20.7 Å². The molecule has 168 valence electrons. The molecule has 0 aliphatic carbocycles. The van der Waals surface area contributed by atoms with Crippen LogP contribution in [0.2, 0.25) is 0 Å². The number of hydrogen-bond acceptors (Lipinski definition) is 8. The summed E-state index contributed by atoms with van der Waals surface area (Å²) in [7, 11) is -4.17. The molecule has 30 heavy (non-hydrogen) atoms. The van der Waals surface area contributed by atoms with Crippen LogP contribution >= 0.6 is 0 Å². The molecule has 0 bridgehead atoms. The first kappa shape index (κ1) is 23.8. The van der Waals surface area contributed by atoms with Crippen LogP contribution in [0.25, 0.3) is 0 Å². The van der Waals surface area contributed by atoms with Crippen LogP contribution in [0.4, 0.5) is 19.1 Å². The number of nitrogens with one attached hydrogen (secondary N) is 1. The van der Waals surface area contributed by atoms with Gasteiger partial charge in [0.25, 0.3) is 0 Å². The fourth-order valence-corrected chi connectivity index (χ4v) is 3.78. The predicted molar refractivity (Wildman–Crippen MR) is 99.5 cm³/mol. The van der Waals surface area contributed by atoms with E-state index >= 15 is 0 Å². The van der Waals surface area contributed by atoms with Gasteiger partial charge in [-0.15, -0.1) is 10.2 Å². The minimum Gasteiger partial charge on any atom is -0.425 e. The van der Waals surface area contributed by atoms with E-state index in [1.807, 2.05) is 0 Å². The zero-order valence-corrected chi connectivity index (χ0v) is 17.9. The molecule has 0 saturated carbocycles. The number of halogens is 3. The molecule has 1 amide bonds. The van der Waals surface area contributed by atoms with Crippen LogP contribution in [0.15, 0.2) is 15.0 Å². The summed E-state index contributed by atoms with van der Waals surface area (Å²) in [4.78, 5) is 12.5. The number of nitrogens with zero attached hydrogens (tertiary/aromatic N) is 3. The highest BCUT2D eigenvalue weighted by Crippen LogP contribution is 2.32. The van der Waals surface area contributed by atoms with Crippen molar-refractivity contribution in [1.82, 2.24) is 15.4 Å². The summed E-state index contributed by atoms with van der Waals surface area (Å²) in [6.45, 7) is 7.33. The van der Waals surface area contributed by atoms with Gasteiger partial charge in [0.05, 0.1) is 11.2 Å². The number of amides is 1. The lowest BCUT2D eigenvalue weighted by molar-refractivity contribution is -0.134. The molecule has 2 aromatic heterocycles. The first-order valence-corrected chi connectivity index (χ1v) is 10.6. The highest BCUT2D eigenvalue weighted by molar-refractivity contribution is 7.93. The van der Waals surface area contributed by atoms with Gasteiger partial charge in [-0.3, -0.25) is 10.1 Å². The molecule has 9 nitrogen and oxygen atoms in total. The van der Waals surface area contributed by atoms with Crippen LogP contribution in [-0.2, 0) is 20.0 Å². The summed E-state index contributed by atoms with van der Waals surface area (Å²) in [5.74, 6) is -1.24. The summed E-state index contributed by atoms with van der Waals surface area (Å²) in [6, 6.07) is 1.38. The van der Waals surface area contributed by atoms with Crippen molar-refractivity contribution in [2.45, 2.75) is 63.8 Å². The summed E-state index contributed by atoms with van der Waals surface area (Å²) < 4.78 is 70.2. The van der Waals surface area contributed by atoms with Crippen molar-refractivity contribution in [3.8, 4) is 0 Å². The molecule has 0 radical (unpaired) electrons. The van der Waals surface area contributed by atoms with E-state index in [9.17, 15) is 26.4 Å². The SMILES string of the molecule is Cc1nnc(C(C)(C)c2cc(NC(=O)C(C)(C)S(=O)(=O)CCCC(F)(F)F)on2)o1. The van der Waals surface area contributed by atoms with Crippen LogP contribution in [0, 0.1) is 6.92 Å². The highest BCUT2D eigenvalue weighted by Gasteiger charge is 2.42. The topological polar surface area (TPSA) is 128 Å². The van der Waals surface area contributed by atoms with Gasteiger partial charge in [0.15, 0.2) is 9.84 Å². The van der Waals surface area contributed by atoms with Gasteiger partial charge in [0.2, 0.25) is 23.6 Å². The fraction of sp³-hybridized carbons (Fsp3) is 0.647. The van der Waals surface area contributed by atoms with Crippen molar-refractivity contribution in [3.05, 3.63) is 23.5 Å². The molecule has 0 spiro atoms. The maximum absolute atomic E-state index is 12.5. The van der Waals surface area contributed by atoms with E-state index in [4.69, 9.17) is 8.94 Å². The Morgan fingerprint density at radius 3 is 2.33 bits per heavy atom. The molecule has 0 aliphatic heterocycles. The van der Waals surface area contributed by atoms with E-state index in [1.165, 1.54) is 6.07 Å². The molecule has 0 atom stereocenters. The monoisotopic (exact) mass is 452 g/mol. The summed E-state index contributed by atoms with van der Waals surface area (Å²) >= 11 is 0. The third-order valence-electron chi connectivity index (χ3n) is 4.65. The van der Waals surface area contributed by atoms with Crippen LogP contribution in [0.3, 0.4) is 0 Å². The Balaban J connectivity index is 2.12. The van der Waals surface area contributed by atoms with Gasteiger partial charge >= 0.3 is 6.18 Å². The Morgan fingerprint density at radius 2 is 1.80 bits per heavy atom. The van der Waals surface area contributed by atoms with Gasteiger partial charge in [-0.25, -0.2) is 8.42 Å². The number of sulfone groups is 1. The van der Waals surface area contributed by atoms with E-state index in [0.29, 0.717) is 11.6 Å². The molecule has 0 unspecified atom stereocenters. The van der Waals surface area contributed by atoms with Crippen LogP contribution in [0.1, 0.15) is 58.0 Å². The second kappa shape index (κ2) is 8.00. The molecule has 1 N–H and O–H groups in total. The maximum atomic E-state index is 12.5. The molecule has 2 heterocycles. The summed E-state index contributed by atoms with van der Waals surface area (Å²) in [5.41, 5.74) is -0.514. The molecule has 0 saturated heterocycles. The Kier molecular flexibility index (Phi) is 6.36. The molecular weight excluding hydrogens is 429 g/mol. The molecule has 0 fully saturated rings. The Hall–Kier alpha value is -2.44. The Labute approximate surface area is 171 Å². The summed E-state index contributed by atoms with van der Waals surface area (Å²) in [6.07, 6.45) is -6.35. The Morgan fingerprint density at radius 1 is 1.17 bits per heavy atom. The minimum absolute atomic E-state index is 0.127. The van der Waals surface area contributed by atoms with Crippen molar-refractivity contribution in [2.24, 2.45) is 0 Å². The van der Waals surface area contributed by atoms with E-state index in [0.717, 1.165) is 13.8 Å². The third kappa shape index (κ3) is 5.18. The first-order valence-electron chi connectivity index (χ1n) is 8.94. The number of carbonyl (C=O) groups excluding carboxylic acids is 1. The van der Waals surface area contributed by atoms with Gasteiger partial charge in [-0.2, -0.15) is 13.2 Å². The number of anilines is 1. The van der Waals surface area contributed by atoms with Crippen LogP contribution < -0.4 is 5.32 Å². The van der Waals surface area contributed by atoms with Crippen LogP contribution in [-0.4, -0.2) is 46.4 Å². The highest BCUT2D eigenvalue weighted by atomic mass is 32.2. The number of carbonyl (C=O) groups is 1. The minimum atomic E-state index is -4.47. The van der Waals surface area contributed by atoms with Crippen molar-refractivity contribution >= 4 is 21.6 Å². The number of alkyl halides is 3. The largest absolute Gasteiger partial charge is 0.425 e. The number of rotatable bonds is 8. The second-order valence-corrected chi connectivity index (χ2v) is 10.5. The van der Waals surface area contributed by atoms with E-state index in [-0.39, 0.29) is 11.8 Å². The van der Waals surface area contributed by atoms with Gasteiger partial charge in [0, 0.05) is 19.4 Å². The van der Waals surface area contributed by atoms with Crippen molar-refractivity contribution < 1.29 is 35.3 Å². The van der Waals surface area contributed by atoms with Gasteiger partial charge in [-0.1, -0.05) is 5.16 Å². The van der Waals surface area contributed by atoms with Crippen molar-refractivity contribution in [1.29, 1.82) is 0 Å². The van der Waals surface area contributed by atoms with Crippen molar-refractivity contribution in [3.63, 3.8) is 0 Å². The lowest BCUT2D eigenvalue weighted by Crippen LogP contribution is -2.45. The van der Waals surface area contributed by atoms with Gasteiger partial charge in [0.1, 0.15) is 10.4 Å². The predicted octanol–water partition coefficient (Wildman–Crippen LogP) is 3.17. The zero-order chi connectivity index (χ0) is 23.0. The van der Waals surface area contributed by atoms with E-state index < -0.39 is 50.7 Å². The van der Waals surface area contributed by atoms with Gasteiger partial charge < -0.3 is 8.94 Å². The molecule has 2 aromatic rings. The number of hydrogen-bond donors (Lipinski definition) is 1. The lowest BCUT2D eigenvalue weighted by Gasteiger charge is -2.23. The van der Waals surface area contributed by atoms with Crippen LogP contribution in [0.5, 0.6) is 0 Å². The maximum Gasteiger partial charge on any atom is 0.389 e. The molecule has 2 rings (SSSR count). The number of aromatic nitrogens is 3. The molecular formula is C17H23F3N4O5S. The first-order chi connectivity index (χ1) is 13.6. The fourth-order valence-electron chi connectivity index (χ4n) is 2.41. The second-order valence-electron chi connectivity index (χ2n) is 7.83. The lowest BCUT2D eigenvalue weighted by atomic mass is 9.89. The quantitative estimate of drug-likeness (QED) is 0.647. The number of aryl methyl sites for hydroxylation is 1. The normalized spacial score (nSPS) is 13.5. The average molecular weight is 452 g/mol. The van der Waals surface area contributed by atoms with Gasteiger partial charge in [-0.05, 0) is 34.1 Å². The van der Waals surface area contributed by atoms with Crippen molar-refractivity contribution in [2.75, 3.05) is 11.1 Å². The Bertz CT molecular complexity index is 1010. The molecule has 0 aromatic carbocycles. The summed E-state index contributed by atoms with van der Waals surface area (Å²) in [5, 5.41) is 13.9. The third-order valence-corrected chi connectivity index (χ3v) is 7.21.